The van der Waals surface area contributed by atoms with E-state index in [0.29, 0.717) is 38.7 Å². The molecule has 0 radical (unpaired) electrons. The summed E-state index contributed by atoms with van der Waals surface area (Å²) < 4.78 is 5.45. The van der Waals surface area contributed by atoms with Crippen molar-refractivity contribution in [2.75, 3.05) is 48.9 Å². The third-order valence-electron chi connectivity index (χ3n) is 4.70. The van der Waals surface area contributed by atoms with E-state index in [1.54, 1.807) is 0 Å². The van der Waals surface area contributed by atoms with Crippen molar-refractivity contribution >= 4 is 29.0 Å². The number of nitrogens with one attached hydrogen (secondary N) is 2. The van der Waals surface area contributed by atoms with Crippen molar-refractivity contribution in [3.05, 3.63) is 71.9 Å². The zero-order valence-electron chi connectivity index (χ0n) is 18.5. The molecule has 4 N–H and O–H groups in total. The topological polar surface area (TPSA) is 105 Å². The number of benzene rings is 2. The van der Waals surface area contributed by atoms with Crippen LogP contribution >= 0.6 is 0 Å². The maximum absolute atomic E-state index is 12.2. The summed E-state index contributed by atoms with van der Waals surface area (Å²) in [5, 5.41) is 6.15. The standard InChI is InChI=1S/C24H30N6O2/c1-18-16-22(30(2)13-15-32-14-12-25)29-24(26-18)28-21-10-8-20(9-11-21)27-23(31)17-19-6-4-3-5-7-19/h3-11,16H,12-15,17,25H2,1-2H3,(H,27,31)(H,26,28,29). The maximum atomic E-state index is 12.2. The lowest BCUT2D eigenvalue weighted by Crippen LogP contribution is -2.25. The van der Waals surface area contributed by atoms with Gasteiger partial charge in [-0.25, -0.2) is 4.98 Å². The van der Waals surface area contributed by atoms with Gasteiger partial charge in [-0.05, 0) is 36.8 Å². The van der Waals surface area contributed by atoms with E-state index in [4.69, 9.17) is 10.5 Å². The number of ether oxygens (including phenoxy) is 1. The summed E-state index contributed by atoms with van der Waals surface area (Å²) in [6.07, 6.45) is 0.339. The molecule has 0 aliphatic heterocycles. The van der Waals surface area contributed by atoms with Gasteiger partial charge >= 0.3 is 0 Å². The largest absolute Gasteiger partial charge is 0.378 e. The monoisotopic (exact) mass is 434 g/mol. The van der Waals surface area contributed by atoms with Crippen LogP contribution in [0.4, 0.5) is 23.1 Å². The highest BCUT2D eigenvalue weighted by atomic mass is 16.5. The Hall–Kier alpha value is -3.49. The number of hydrogen-bond donors (Lipinski definition) is 3. The number of aromatic nitrogens is 2. The summed E-state index contributed by atoms with van der Waals surface area (Å²) in [4.78, 5) is 23.3. The van der Waals surface area contributed by atoms with Gasteiger partial charge in [0, 0.05) is 43.3 Å². The molecular weight excluding hydrogens is 404 g/mol. The molecule has 168 valence electrons. The van der Waals surface area contributed by atoms with Gasteiger partial charge in [0.25, 0.3) is 0 Å². The summed E-state index contributed by atoms with van der Waals surface area (Å²) >= 11 is 0. The molecule has 0 fully saturated rings. The van der Waals surface area contributed by atoms with E-state index >= 15 is 0 Å². The quantitative estimate of drug-likeness (QED) is 0.398. The summed E-state index contributed by atoms with van der Waals surface area (Å²) in [5.41, 5.74) is 8.85. The van der Waals surface area contributed by atoms with E-state index < -0.39 is 0 Å². The Morgan fingerprint density at radius 1 is 1.03 bits per heavy atom. The predicted octanol–water partition coefficient (Wildman–Crippen LogP) is 3.12. The molecule has 32 heavy (non-hydrogen) atoms. The van der Waals surface area contributed by atoms with E-state index in [2.05, 4.69) is 20.6 Å². The van der Waals surface area contributed by atoms with Crippen LogP contribution in [0.15, 0.2) is 60.7 Å². The van der Waals surface area contributed by atoms with Crippen molar-refractivity contribution in [1.29, 1.82) is 0 Å². The SMILES string of the molecule is Cc1cc(N(C)CCOCCN)nc(Nc2ccc(NC(=O)Cc3ccccc3)cc2)n1. The van der Waals surface area contributed by atoms with Crippen LogP contribution in [0.5, 0.6) is 0 Å². The molecule has 0 unspecified atom stereocenters. The second-order valence-corrected chi connectivity index (χ2v) is 7.43. The van der Waals surface area contributed by atoms with Gasteiger partial charge in [0.05, 0.1) is 19.6 Å². The maximum Gasteiger partial charge on any atom is 0.229 e. The number of carbonyl (C=O) groups is 1. The molecule has 0 atom stereocenters. The van der Waals surface area contributed by atoms with E-state index in [1.807, 2.05) is 79.5 Å². The first kappa shape index (κ1) is 23.2. The number of aryl methyl sites for hydroxylation is 1. The van der Waals surface area contributed by atoms with Gasteiger partial charge in [0.15, 0.2) is 0 Å². The van der Waals surface area contributed by atoms with Gasteiger partial charge in [0.2, 0.25) is 11.9 Å². The lowest BCUT2D eigenvalue weighted by molar-refractivity contribution is -0.115. The Morgan fingerprint density at radius 3 is 2.47 bits per heavy atom. The second kappa shape index (κ2) is 11.8. The highest BCUT2D eigenvalue weighted by Gasteiger charge is 2.08. The molecule has 1 aromatic heterocycles. The first-order valence-corrected chi connectivity index (χ1v) is 10.6. The van der Waals surface area contributed by atoms with E-state index in [9.17, 15) is 4.79 Å². The summed E-state index contributed by atoms with van der Waals surface area (Å²) in [6, 6.07) is 19.1. The predicted molar refractivity (Wildman–Crippen MR) is 128 cm³/mol. The summed E-state index contributed by atoms with van der Waals surface area (Å²) in [5.74, 6) is 1.26. The van der Waals surface area contributed by atoms with Crippen LogP contribution in [0.1, 0.15) is 11.3 Å². The Balaban J connectivity index is 1.57. The van der Waals surface area contributed by atoms with Crippen molar-refractivity contribution in [1.82, 2.24) is 9.97 Å². The molecule has 8 heteroatoms. The number of nitrogens with two attached hydrogens (primary N) is 1. The van der Waals surface area contributed by atoms with Crippen molar-refractivity contribution in [3.8, 4) is 0 Å². The lowest BCUT2D eigenvalue weighted by Gasteiger charge is -2.19. The zero-order valence-corrected chi connectivity index (χ0v) is 18.5. The molecule has 0 saturated heterocycles. The minimum absolute atomic E-state index is 0.0537. The number of amides is 1. The normalized spacial score (nSPS) is 10.6. The van der Waals surface area contributed by atoms with Gasteiger partial charge in [-0.1, -0.05) is 30.3 Å². The Bertz CT molecular complexity index is 995. The smallest absolute Gasteiger partial charge is 0.229 e. The van der Waals surface area contributed by atoms with Crippen LogP contribution in [-0.2, 0) is 16.0 Å². The van der Waals surface area contributed by atoms with Crippen molar-refractivity contribution in [3.63, 3.8) is 0 Å². The van der Waals surface area contributed by atoms with Crippen LogP contribution < -0.4 is 21.3 Å². The zero-order chi connectivity index (χ0) is 22.8. The number of carbonyl (C=O) groups excluding carboxylic acids is 1. The number of rotatable bonds is 11. The number of nitrogens with zero attached hydrogens (tertiary/aromatic N) is 3. The minimum atomic E-state index is -0.0537. The van der Waals surface area contributed by atoms with Crippen LogP contribution in [0, 0.1) is 6.92 Å². The first-order chi connectivity index (χ1) is 15.5. The molecule has 0 bridgehead atoms. The number of anilines is 4. The van der Waals surface area contributed by atoms with E-state index in [1.165, 1.54) is 0 Å². The van der Waals surface area contributed by atoms with Crippen LogP contribution in [0.3, 0.4) is 0 Å². The Kier molecular flexibility index (Phi) is 8.53. The molecule has 8 nitrogen and oxygen atoms in total. The van der Waals surface area contributed by atoms with E-state index in [-0.39, 0.29) is 5.91 Å². The van der Waals surface area contributed by atoms with Gasteiger partial charge < -0.3 is 26.0 Å². The van der Waals surface area contributed by atoms with Gasteiger partial charge in [-0.3, -0.25) is 4.79 Å². The van der Waals surface area contributed by atoms with Gasteiger partial charge in [-0.15, -0.1) is 0 Å². The Labute approximate surface area is 188 Å². The average Bonchev–Trinajstić information content (AvgIpc) is 2.78. The van der Waals surface area contributed by atoms with Crippen LogP contribution in [-0.4, -0.2) is 49.2 Å². The lowest BCUT2D eigenvalue weighted by atomic mass is 10.1. The molecule has 2 aromatic carbocycles. The first-order valence-electron chi connectivity index (χ1n) is 10.6. The van der Waals surface area contributed by atoms with Crippen molar-refractivity contribution in [2.45, 2.75) is 13.3 Å². The third-order valence-corrected chi connectivity index (χ3v) is 4.70. The highest BCUT2D eigenvalue weighted by Crippen LogP contribution is 2.20. The molecule has 0 aliphatic rings. The fourth-order valence-corrected chi connectivity index (χ4v) is 3.06. The number of hydrogen-bond acceptors (Lipinski definition) is 7. The fraction of sp³-hybridized carbons (Fsp3) is 0.292. The second-order valence-electron chi connectivity index (χ2n) is 7.43. The molecule has 0 spiro atoms. The van der Waals surface area contributed by atoms with Gasteiger partial charge in [-0.2, -0.15) is 4.98 Å². The van der Waals surface area contributed by atoms with Crippen LogP contribution in [0.25, 0.3) is 0 Å². The molecule has 0 aliphatic carbocycles. The third kappa shape index (κ3) is 7.33. The minimum Gasteiger partial charge on any atom is -0.378 e. The average molecular weight is 435 g/mol. The molecule has 3 rings (SSSR count). The Morgan fingerprint density at radius 2 is 1.75 bits per heavy atom. The summed E-state index contributed by atoms with van der Waals surface area (Å²) in [6.45, 7) is 4.27. The molecule has 1 heterocycles. The van der Waals surface area contributed by atoms with Crippen molar-refractivity contribution in [2.24, 2.45) is 5.73 Å². The molecule has 1 amide bonds. The van der Waals surface area contributed by atoms with E-state index in [0.717, 1.165) is 28.5 Å². The molecule has 0 saturated carbocycles. The summed E-state index contributed by atoms with van der Waals surface area (Å²) in [7, 11) is 1.96. The number of likely N-dealkylation sites (N-methyl/N-ethyl adjacent to an activating group) is 1. The molecular formula is C24H30N6O2. The van der Waals surface area contributed by atoms with Crippen molar-refractivity contribution < 1.29 is 9.53 Å². The van der Waals surface area contributed by atoms with Crippen LogP contribution in [0.2, 0.25) is 0 Å². The highest BCUT2D eigenvalue weighted by molar-refractivity contribution is 5.92. The fourth-order valence-electron chi connectivity index (χ4n) is 3.06. The van der Waals surface area contributed by atoms with Gasteiger partial charge in [0.1, 0.15) is 5.82 Å². The molecule has 3 aromatic rings.